The molecule has 0 fully saturated rings. The topological polar surface area (TPSA) is 80.3 Å². The molecule has 1 aliphatic heterocycles. The Morgan fingerprint density at radius 2 is 2.05 bits per heavy atom. The normalized spacial score (nSPS) is 16.4. The van der Waals surface area contributed by atoms with Crippen LogP contribution in [0.1, 0.15) is 17.3 Å². The Morgan fingerprint density at radius 1 is 1.29 bits per heavy atom. The number of hydrogen-bond acceptors (Lipinski definition) is 4. The quantitative estimate of drug-likeness (QED) is 0.884. The molecule has 1 aliphatic rings. The van der Waals surface area contributed by atoms with Crippen LogP contribution in [0, 0.1) is 0 Å². The van der Waals surface area contributed by atoms with Gasteiger partial charge in [0.2, 0.25) is 0 Å². The van der Waals surface area contributed by atoms with Crippen LogP contribution in [0.25, 0.3) is 0 Å². The average molecular weight is 283 g/mol. The third kappa shape index (κ3) is 2.69. The monoisotopic (exact) mass is 283 g/mol. The highest BCUT2D eigenvalue weighted by Gasteiger charge is 2.23. The summed E-state index contributed by atoms with van der Waals surface area (Å²) in [5.41, 5.74) is 1.64. The Bertz CT molecular complexity index is 701. The molecule has 0 radical (unpaired) electrons. The SMILES string of the molecule is C[C@H]1Oc2ccc(NC(=O)c3ccncc3)cc2NC1=O. The number of nitrogens with zero attached hydrogens (tertiary/aromatic N) is 1. The zero-order valence-corrected chi connectivity index (χ0v) is 11.3. The van der Waals surface area contributed by atoms with Gasteiger partial charge in [-0.1, -0.05) is 0 Å². The lowest BCUT2D eigenvalue weighted by Gasteiger charge is -2.23. The fourth-order valence-electron chi connectivity index (χ4n) is 1.99. The Balaban J connectivity index is 1.80. The van der Waals surface area contributed by atoms with Crippen molar-refractivity contribution in [2.75, 3.05) is 10.6 Å². The van der Waals surface area contributed by atoms with E-state index in [1.54, 1.807) is 49.6 Å². The Labute approximate surface area is 121 Å². The van der Waals surface area contributed by atoms with Gasteiger partial charge in [0.1, 0.15) is 5.75 Å². The van der Waals surface area contributed by atoms with Gasteiger partial charge < -0.3 is 15.4 Å². The largest absolute Gasteiger partial charge is 0.479 e. The minimum Gasteiger partial charge on any atom is -0.479 e. The number of ether oxygens (including phenoxy) is 1. The van der Waals surface area contributed by atoms with Crippen LogP contribution in [0.15, 0.2) is 42.7 Å². The van der Waals surface area contributed by atoms with E-state index >= 15 is 0 Å². The first-order valence-electron chi connectivity index (χ1n) is 6.46. The highest BCUT2D eigenvalue weighted by atomic mass is 16.5. The molecule has 2 amide bonds. The van der Waals surface area contributed by atoms with Gasteiger partial charge in [0.15, 0.2) is 6.10 Å². The van der Waals surface area contributed by atoms with Gasteiger partial charge in [-0.25, -0.2) is 0 Å². The number of rotatable bonds is 2. The van der Waals surface area contributed by atoms with Crippen molar-refractivity contribution in [2.24, 2.45) is 0 Å². The molecule has 3 rings (SSSR count). The first-order valence-corrected chi connectivity index (χ1v) is 6.46. The fraction of sp³-hybridized carbons (Fsp3) is 0.133. The zero-order valence-electron chi connectivity index (χ0n) is 11.3. The zero-order chi connectivity index (χ0) is 14.8. The lowest BCUT2D eigenvalue weighted by Crippen LogP contribution is -2.34. The summed E-state index contributed by atoms with van der Waals surface area (Å²) < 4.78 is 5.46. The summed E-state index contributed by atoms with van der Waals surface area (Å²) in [5, 5.41) is 5.50. The summed E-state index contributed by atoms with van der Waals surface area (Å²) in [7, 11) is 0. The first-order chi connectivity index (χ1) is 10.1. The number of nitrogens with one attached hydrogen (secondary N) is 2. The van der Waals surface area contributed by atoms with Crippen LogP contribution in [0.3, 0.4) is 0 Å². The summed E-state index contributed by atoms with van der Waals surface area (Å²) >= 11 is 0. The number of anilines is 2. The molecule has 0 unspecified atom stereocenters. The Kier molecular flexibility index (Phi) is 3.27. The number of carbonyl (C=O) groups excluding carboxylic acids is 2. The molecule has 1 atom stereocenters. The summed E-state index contributed by atoms with van der Waals surface area (Å²) in [6.07, 6.45) is 2.59. The lowest BCUT2D eigenvalue weighted by atomic mass is 10.2. The van der Waals surface area contributed by atoms with Crippen molar-refractivity contribution in [3.05, 3.63) is 48.3 Å². The maximum atomic E-state index is 12.0. The molecule has 1 aromatic carbocycles. The number of amides is 2. The van der Waals surface area contributed by atoms with Gasteiger partial charge in [0, 0.05) is 23.6 Å². The van der Waals surface area contributed by atoms with Crippen LogP contribution in [0.4, 0.5) is 11.4 Å². The van der Waals surface area contributed by atoms with Gasteiger partial charge in [0.25, 0.3) is 11.8 Å². The van der Waals surface area contributed by atoms with E-state index in [1.165, 1.54) is 0 Å². The van der Waals surface area contributed by atoms with Crippen LogP contribution in [0.2, 0.25) is 0 Å². The molecule has 0 saturated heterocycles. The molecule has 0 spiro atoms. The Morgan fingerprint density at radius 3 is 2.81 bits per heavy atom. The number of carbonyl (C=O) groups is 2. The molecule has 2 aromatic rings. The molecular weight excluding hydrogens is 270 g/mol. The van der Waals surface area contributed by atoms with E-state index < -0.39 is 6.10 Å². The molecule has 2 heterocycles. The lowest BCUT2D eigenvalue weighted by molar-refractivity contribution is -0.122. The summed E-state index contributed by atoms with van der Waals surface area (Å²) in [4.78, 5) is 27.5. The fourth-order valence-corrected chi connectivity index (χ4v) is 1.99. The maximum Gasteiger partial charge on any atom is 0.265 e. The van der Waals surface area contributed by atoms with Crippen LogP contribution >= 0.6 is 0 Å². The summed E-state index contributed by atoms with van der Waals surface area (Å²) in [6.45, 7) is 1.68. The molecule has 2 N–H and O–H groups in total. The predicted octanol–water partition coefficient (Wildman–Crippen LogP) is 2.05. The van der Waals surface area contributed by atoms with Gasteiger partial charge in [0.05, 0.1) is 5.69 Å². The van der Waals surface area contributed by atoms with E-state index in [-0.39, 0.29) is 11.8 Å². The molecular formula is C15H13N3O3. The van der Waals surface area contributed by atoms with Gasteiger partial charge in [-0.05, 0) is 37.3 Å². The predicted molar refractivity (Wildman–Crippen MR) is 77.4 cm³/mol. The number of pyridine rings is 1. The number of aromatic nitrogens is 1. The van der Waals surface area contributed by atoms with E-state index in [4.69, 9.17) is 4.74 Å². The van der Waals surface area contributed by atoms with Crippen LogP contribution in [-0.2, 0) is 4.79 Å². The molecule has 1 aromatic heterocycles. The third-order valence-corrected chi connectivity index (χ3v) is 3.11. The van der Waals surface area contributed by atoms with E-state index in [2.05, 4.69) is 15.6 Å². The number of hydrogen-bond donors (Lipinski definition) is 2. The second kappa shape index (κ2) is 5.24. The molecule has 106 valence electrons. The summed E-state index contributed by atoms with van der Waals surface area (Å²) in [6, 6.07) is 8.36. The van der Waals surface area contributed by atoms with Gasteiger partial charge in [-0.15, -0.1) is 0 Å². The minimum atomic E-state index is -0.519. The van der Waals surface area contributed by atoms with E-state index in [1.807, 2.05) is 0 Å². The van der Waals surface area contributed by atoms with Crippen LogP contribution < -0.4 is 15.4 Å². The smallest absolute Gasteiger partial charge is 0.265 e. The second-order valence-corrected chi connectivity index (χ2v) is 4.65. The van der Waals surface area contributed by atoms with Crippen molar-refractivity contribution in [1.82, 2.24) is 4.98 Å². The van der Waals surface area contributed by atoms with Crippen molar-refractivity contribution in [3.63, 3.8) is 0 Å². The average Bonchev–Trinajstić information content (AvgIpc) is 2.49. The van der Waals surface area contributed by atoms with E-state index in [0.717, 1.165) is 0 Å². The molecule has 0 aliphatic carbocycles. The van der Waals surface area contributed by atoms with E-state index in [0.29, 0.717) is 22.7 Å². The van der Waals surface area contributed by atoms with Crippen molar-refractivity contribution in [1.29, 1.82) is 0 Å². The summed E-state index contributed by atoms with van der Waals surface area (Å²) in [5.74, 6) is 0.137. The highest BCUT2D eigenvalue weighted by Crippen LogP contribution is 2.32. The van der Waals surface area contributed by atoms with Crippen molar-refractivity contribution in [3.8, 4) is 5.75 Å². The second-order valence-electron chi connectivity index (χ2n) is 4.65. The first kappa shape index (κ1) is 13.1. The van der Waals surface area contributed by atoms with Crippen molar-refractivity contribution < 1.29 is 14.3 Å². The van der Waals surface area contributed by atoms with Gasteiger partial charge >= 0.3 is 0 Å². The molecule has 6 heteroatoms. The standard InChI is InChI=1S/C15H13N3O3/c1-9-14(19)18-12-8-11(2-3-13(12)21-9)17-15(20)10-4-6-16-7-5-10/h2-9H,1H3,(H,17,20)(H,18,19)/t9-/m1/s1. The molecule has 0 bridgehead atoms. The van der Waals surface area contributed by atoms with Gasteiger partial charge in [-0.3, -0.25) is 14.6 Å². The maximum absolute atomic E-state index is 12.0. The molecule has 0 saturated carbocycles. The third-order valence-electron chi connectivity index (χ3n) is 3.11. The minimum absolute atomic E-state index is 0.208. The van der Waals surface area contributed by atoms with Crippen LogP contribution in [0.5, 0.6) is 5.75 Å². The molecule has 21 heavy (non-hydrogen) atoms. The van der Waals surface area contributed by atoms with Crippen molar-refractivity contribution in [2.45, 2.75) is 13.0 Å². The number of benzene rings is 1. The molecule has 6 nitrogen and oxygen atoms in total. The Hall–Kier alpha value is -2.89. The highest BCUT2D eigenvalue weighted by molar-refractivity contribution is 6.05. The van der Waals surface area contributed by atoms with Crippen molar-refractivity contribution >= 4 is 23.2 Å². The van der Waals surface area contributed by atoms with E-state index in [9.17, 15) is 9.59 Å². The number of fused-ring (bicyclic) bond motifs is 1. The van der Waals surface area contributed by atoms with Crippen LogP contribution in [-0.4, -0.2) is 22.9 Å². The van der Waals surface area contributed by atoms with Gasteiger partial charge in [-0.2, -0.15) is 0 Å².